The molecule has 22 rings (SSSR count). The van der Waals surface area contributed by atoms with Crippen LogP contribution in [0.4, 0.5) is 22.7 Å². The first-order valence-electron chi connectivity index (χ1n) is 43.4. The van der Waals surface area contributed by atoms with Crippen LogP contribution in [0.15, 0.2) is 172 Å². The van der Waals surface area contributed by atoms with Gasteiger partial charge in [0.2, 0.25) is 5.78 Å². The van der Waals surface area contributed by atoms with Crippen molar-refractivity contribution >= 4 is 67.7 Å². The normalized spacial score (nSPS) is 18.1. The van der Waals surface area contributed by atoms with Gasteiger partial charge >= 0.3 is 0 Å². The zero-order valence-electron chi connectivity index (χ0n) is 72.2. The third-order valence-electron chi connectivity index (χ3n) is 25.5. The lowest BCUT2D eigenvalue weighted by Gasteiger charge is -2.38. The van der Waals surface area contributed by atoms with Gasteiger partial charge in [0.15, 0.2) is 0 Å². The number of aromatic nitrogens is 20. The van der Waals surface area contributed by atoms with Gasteiger partial charge in [0.05, 0.1) is 121 Å². The molecule has 0 unspecified atom stereocenters. The molecule has 124 heavy (non-hydrogen) atoms. The van der Waals surface area contributed by atoms with Crippen LogP contribution in [0.1, 0.15) is 99.2 Å². The van der Waals surface area contributed by atoms with Crippen LogP contribution >= 0.6 is 0 Å². The Kier molecular flexibility index (Phi) is 21.7. The van der Waals surface area contributed by atoms with Crippen molar-refractivity contribution in [3.05, 3.63) is 234 Å². The molecule has 6 aliphatic rings. The van der Waals surface area contributed by atoms with Crippen molar-refractivity contribution in [2.24, 2.45) is 0 Å². The van der Waals surface area contributed by atoms with Crippen LogP contribution in [0.25, 0.3) is 90.3 Å². The predicted molar refractivity (Wildman–Crippen MR) is 483 cm³/mol. The monoisotopic (exact) mass is 1660 g/mol. The van der Waals surface area contributed by atoms with Crippen LogP contribution in [-0.2, 0) is 19.3 Å². The van der Waals surface area contributed by atoms with E-state index >= 15 is 0 Å². The molecule has 0 bridgehead atoms. The van der Waals surface area contributed by atoms with Crippen LogP contribution < -0.4 is 41.8 Å². The van der Waals surface area contributed by atoms with Crippen molar-refractivity contribution in [3.8, 4) is 45.4 Å². The van der Waals surface area contributed by atoms with Crippen LogP contribution in [0, 0.1) is 27.7 Å². The number of hydrogen-bond donors (Lipinski definition) is 0. The van der Waals surface area contributed by atoms with Gasteiger partial charge in [-0.2, -0.15) is 15.3 Å². The highest BCUT2D eigenvalue weighted by molar-refractivity contribution is 5.71. The number of rotatable bonds is 13. The van der Waals surface area contributed by atoms with Crippen molar-refractivity contribution in [3.63, 3.8) is 0 Å². The Labute approximate surface area is 715 Å². The second-order valence-corrected chi connectivity index (χ2v) is 34.2. The summed E-state index contributed by atoms with van der Waals surface area (Å²) in [7, 11) is 8.46. The Hall–Kier alpha value is -13.0. The first-order valence-corrected chi connectivity index (χ1v) is 43.4. The van der Waals surface area contributed by atoms with Crippen LogP contribution in [0.5, 0.6) is 0 Å². The number of aryl methyl sites for hydroxylation is 7. The molecular weight excluding hydrogens is 1560 g/mol. The highest BCUT2D eigenvalue weighted by Gasteiger charge is 2.34. The van der Waals surface area contributed by atoms with Crippen molar-refractivity contribution in [1.29, 1.82) is 0 Å². The zero-order valence-corrected chi connectivity index (χ0v) is 72.2. The summed E-state index contributed by atoms with van der Waals surface area (Å²) in [5.41, 5.74) is 21.1. The van der Waals surface area contributed by atoms with E-state index < -0.39 is 0 Å². The minimum Gasteiger partial charge on any atom is -0.369 e. The maximum Gasteiger partial charge on any atom is 0.258 e. The fourth-order valence-corrected chi connectivity index (χ4v) is 18.7. The average Bonchev–Trinajstić information content (AvgIpc) is 1.63. The molecule has 0 aliphatic carbocycles. The van der Waals surface area contributed by atoms with Gasteiger partial charge in [0, 0.05) is 163 Å². The number of fused-ring (bicyclic) bond motifs is 10. The van der Waals surface area contributed by atoms with E-state index in [2.05, 4.69) is 153 Å². The molecule has 16 aromatic heterocycles. The van der Waals surface area contributed by atoms with Gasteiger partial charge in [-0.25, -0.2) is 43.5 Å². The summed E-state index contributed by atoms with van der Waals surface area (Å²) in [4.78, 5) is 112. The summed E-state index contributed by atoms with van der Waals surface area (Å²) >= 11 is 0. The summed E-state index contributed by atoms with van der Waals surface area (Å²) in [6.45, 7) is 26.6. The number of nitrogens with zero attached hydrogens (tertiary/aromatic N) is 28. The smallest absolute Gasteiger partial charge is 0.258 e. The van der Waals surface area contributed by atoms with E-state index in [-0.39, 0.29) is 22.2 Å². The second-order valence-electron chi connectivity index (χ2n) is 34.2. The van der Waals surface area contributed by atoms with Gasteiger partial charge in [0.25, 0.3) is 22.2 Å². The van der Waals surface area contributed by atoms with Crippen LogP contribution in [-0.4, -0.2) is 246 Å². The molecule has 0 N–H and O–H groups in total. The molecule has 6 aliphatic heterocycles. The largest absolute Gasteiger partial charge is 0.369 e. The van der Waals surface area contributed by atoms with Crippen molar-refractivity contribution in [2.45, 2.75) is 130 Å². The molecule has 0 aromatic carbocycles. The molecular formula is C92H104N28O4. The number of anilines is 4. The Bertz CT molecular complexity index is 6850. The molecule has 636 valence electrons. The SMILES string of the molecule is CCc1nc(C)cn2nc(-c3cc(=O)n4cc(N5CCN6CCC[C@@H]6C5)ccc4n3)cc12.CCc1nc(C)cn2nc(-c3cc(=O)n4cc(N5CC[C@@H](N(C)C)C5)ccc4n3)cc12.CCc1nc(C)cn2nc(-c3cc(=O)n4cc(N5CC[C@H](N(C)C)C5)ccc4n3)cc12.Cc1cn2cc(-c3cc(=O)n4cc(N5CCN6CCC[C@H]6C5)ccc4n3)cnc2n1. The third kappa shape index (κ3) is 16.0. The lowest BCUT2D eigenvalue weighted by Crippen LogP contribution is -2.50. The van der Waals surface area contributed by atoms with Gasteiger partial charge in [-0.3, -0.25) is 65.9 Å². The number of pyridine rings is 4. The fourth-order valence-electron chi connectivity index (χ4n) is 18.7. The van der Waals surface area contributed by atoms with Gasteiger partial charge in [-0.1, -0.05) is 20.8 Å². The lowest BCUT2D eigenvalue weighted by molar-refractivity contribution is 0.231. The molecule has 4 atom stereocenters. The number of hydrogen-bond acceptors (Lipinski definition) is 24. The van der Waals surface area contributed by atoms with Crippen molar-refractivity contribution < 1.29 is 0 Å². The first kappa shape index (κ1) is 80.7. The van der Waals surface area contributed by atoms with Gasteiger partial charge in [-0.05, 0) is 193 Å². The van der Waals surface area contributed by atoms with E-state index in [1.165, 1.54) is 38.8 Å². The van der Waals surface area contributed by atoms with Gasteiger partial charge < -0.3 is 29.4 Å². The first-order chi connectivity index (χ1) is 60.1. The molecule has 0 spiro atoms. The predicted octanol–water partition coefficient (Wildman–Crippen LogP) is 9.39. The quantitative estimate of drug-likeness (QED) is 0.104. The van der Waals surface area contributed by atoms with E-state index in [1.807, 2.05) is 144 Å². The maximum atomic E-state index is 13.0. The molecule has 6 saturated heterocycles. The molecule has 0 saturated carbocycles. The van der Waals surface area contributed by atoms with E-state index in [9.17, 15) is 19.2 Å². The van der Waals surface area contributed by atoms with E-state index in [1.54, 1.807) is 48.1 Å². The van der Waals surface area contributed by atoms with Crippen molar-refractivity contribution in [1.82, 2.24) is 115 Å². The Morgan fingerprint density at radius 3 is 1.05 bits per heavy atom. The molecule has 0 amide bonds. The topological polar surface area (TPSA) is 284 Å². The molecule has 0 radical (unpaired) electrons. The lowest BCUT2D eigenvalue weighted by atomic mass is 10.1. The number of likely N-dealkylation sites (N-methyl/N-ethyl adjacent to an activating group) is 2. The molecule has 32 nitrogen and oxygen atoms in total. The standard InChI is InChI=1S/C24H27N7O.2C23H27N7O.C22H23N7O/c1-3-19-22-11-21(27-31(22)13-16(2)25-19)20-12-24(32)30-15-18(6-7-23(30)26-20)29-10-9-28-8-4-5-17(28)14-29;2*1-5-18-21-10-20(26-30(21)12-15(2)24-18)19-11-23(31)29-14-17(6-7-22(29)25-19)28-9-8-16(13-28)27(3)4;1-15-11-28-12-16(10-23-22(28)24-15)19-9-21(30)29-14-18(4-5-20(29)25-19)27-8-7-26-6-2-3-17(26)13-27/h6-7,11-13,15,17H,3-5,8-10,14H2,1-2H3;2*6-7,10-12,14,16H,5,8-9,13H2,1-4H3;4-5,9-12,14,17H,2-3,6-8,13H2,1H3/t17-;2*16-;17-/m1100/s1. The summed E-state index contributed by atoms with van der Waals surface area (Å²) in [6, 6.07) is 30.5. The molecule has 16 aromatic rings. The number of imidazole rings is 1. The van der Waals surface area contributed by atoms with E-state index in [4.69, 9.17) is 19.9 Å². The Morgan fingerprint density at radius 1 is 0.347 bits per heavy atom. The van der Waals surface area contributed by atoms with Crippen molar-refractivity contribution in [2.75, 3.05) is 126 Å². The van der Waals surface area contributed by atoms with Crippen LogP contribution in [0.3, 0.4) is 0 Å². The second kappa shape index (κ2) is 33.3. The highest BCUT2D eigenvalue weighted by atomic mass is 16.1. The van der Waals surface area contributed by atoms with Gasteiger partial charge in [-0.15, -0.1) is 0 Å². The zero-order chi connectivity index (χ0) is 85.5. The fraction of sp³-hybridized carbons (Fsp3) is 0.391. The summed E-state index contributed by atoms with van der Waals surface area (Å²) < 4.78 is 13.9. The van der Waals surface area contributed by atoms with Gasteiger partial charge in [0.1, 0.15) is 39.7 Å². The maximum absolute atomic E-state index is 13.0. The number of piperazine rings is 2. The Balaban J connectivity index is 0.000000108. The summed E-state index contributed by atoms with van der Waals surface area (Å²) in [6.07, 6.45) is 28.7. The minimum atomic E-state index is -0.104. The molecule has 32 heteroatoms. The Morgan fingerprint density at radius 2 is 0.694 bits per heavy atom. The molecule has 6 fully saturated rings. The minimum absolute atomic E-state index is 0.0849. The summed E-state index contributed by atoms with van der Waals surface area (Å²) in [5, 5.41) is 14.0. The van der Waals surface area contributed by atoms with E-state index in [0.717, 1.165) is 182 Å². The van der Waals surface area contributed by atoms with E-state index in [0.29, 0.717) is 92.4 Å². The average molecular weight is 1670 g/mol. The third-order valence-corrected chi connectivity index (χ3v) is 25.5. The molecule has 22 heterocycles. The highest BCUT2D eigenvalue weighted by Crippen LogP contribution is 2.32. The van der Waals surface area contributed by atoms with Crippen LogP contribution in [0.2, 0.25) is 0 Å². The summed E-state index contributed by atoms with van der Waals surface area (Å²) in [5.74, 6) is 0.640.